The highest BCUT2D eigenvalue weighted by atomic mass is 79.9. The molecule has 0 heterocycles. The molecule has 0 saturated heterocycles. The van der Waals surface area contributed by atoms with Gasteiger partial charge in [-0.25, -0.2) is 4.39 Å². The van der Waals surface area contributed by atoms with E-state index in [-0.39, 0.29) is 5.82 Å². The predicted octanol–water partition coefficient (Wildman–Crippen LogP) is 5.40. The van der Waals surface area contributed by atoms with Gasteiger partial charge in [0.2, 0.25) is 0 Å². The van der Waals surface area contributed by atoms with Gasteiger partial charge in [-0.05, 0) is 74.5 Å². The molecule has 0 aliphatic heterocycles. The van der Waals surface area contributed by atoms with Crippen LogP contribution < -0.4 is 10.1 Å². The first-order valence-electron chi connectivity index (χ1n) is 6.76. The van der Waals surface area contributed by atoms with Crippen LogP contribution in [0.4, 0.5) is 4.39 Å². The van der Waals surface area contributed by atoms with Gasteiger partial charge < -0.3 is 10.1 Å². The molecule has 2 nitrogen and oxygen atoms in total. The standard InChI is InChI=1S/C16H14Br2FNO/c17-13-5-2-11(19)8-16(13)21-15-6-1-10(7-14(15)18)9-20-12-3-4-12/h1-2,5-8,12,20H,3-4,9H2. The SMILES string of the molecule is Fc1ccc(Br)c(Oc2ccc(CNC3CC3)cc2Br)c1. The molecule has 0 aromatic heterocycles. The van der Waals surface area contributed by atoms with Crippen LogP contribution in [-0.2, 0) is 6.54 Å². The Kier molecular flexibility index (Phi) is 4.62. The fourth-order valence-corrected chi connectivity index (χ4v) is 2.80. The van der Waals surface area contributed by atoms with Crippen molar-refractivity contribution in [3.8, 4) is 11.5 Å². The van der Waals surface area contributed by atoms with Crippen molar-refractivity contribution in [2.75, 3.05) is 0 Å². The van der Waals surface area contributed by atoms with Crippen LogP contribution in [0.3, 0.4) is 0 Å². The molecule has 0 spiro atoms. The van der Waals surface area contributed by atoms with Crippen molar-refractivity contribution in [3.63, 3.8) is 0 Å². The van der Waals surface area contributed by atoms with E-state index >= 15 is 0 Å². The van der Waals surface area contributed by atoms with Crippen LogP contribution >= 0.6 is 31.9 Å². The highest BCUT2D eigenvalue weighted by Gasteiger charge is 2.20. The summed E-state index contributed by atoms with van der Waals surface area (Å²) in [6.07, 6.45) is 2.55. The average molecular weight is 415 g/mol. The fraction of sp³-hybridized carbons (Fsp3) is 0.250. The van der Waals surface area contributed by atoms with Crippen molar-refractivity contribution in [2.24, 2.45) is 0 Å². The van der Waals surface area contributed by atoms with Gasteiger partial charge in [0, 0.05) is 18.7 Å². The van der Waals surface area contributed by atoms with Gasteiger partial charge in [0.25, 0.3) is 0 Å². The summed E-state index contributed by atoms with van der Waals surface area (Å²) in [6.45, 7) is 0.854. The van der Waals surface area contributed by atoms with Crippen LogP contribution in [0.1, 0.15) is 18.4 Å². The van der Waals surface area contributed by atoms with Gasteiger partial charge >= 0.3 is 0 Å². The zero-order valence-corrected chi connectivity index (χ0v) is 14.4. The Morgan fingerprint density at radius 2 is 1.86 bits per heavy atom. The number of hydrogen-bond donors (Lipinski definition) is 1. The van der Waals surface area contributed by atoms with Crippen molar-refractivity contribution >= 4 is 31.9 Å². The van der Waals surface area contributed by atoms with Gasteiger partial charge in [-0.1, -0.05) is 6.07 Å². The molecule has 1 aliphatic rings. The normalized spacial score (nSPS) is 14.2. The van der Waals surface area contributed by atoms with Crippen LogP contribution in [-0.4, -0.2) is 6.04 Å². The molecule has 5 heteroatoms. The zero-order chi connectivity index (χ0) is 14.8. The molecule has 0 radical (unpaired) electrons. The lowest BCUT2D eigenvalue weighted by Crippen LogP contribution is -2.15. The summed E-state index contributed by atoms with van der Waals surface area (Å²) < 4.78 is 20.6. The van der Waals surface area contributed by atoms with Crippen molar-refractivity contribution in [1.82, 2.24) is 5.32 Å². The predicted molar refractivity (Wildman–Crippen MR) is 88.2 cm³/mol. The molecule has 0 bridgehead atoms. The number of hydrogen-bond acceptors (Lipinski definition) is 2. The lowest BCUT2D eigenvalue weighted by atomic mass is 10.2. The Bertz CT molecular complexity index is 659. The van der Waals surface area contributed by atoms with E-state index in [1.807, 2.05) is 18.2 Å². The summed E-state index contributed by atoms with van der Waals surface area (Å²) in [6, 6.07) is 11.0. The van der Waals surface area contributed by atoms with Crippen LogP contribution in [0, 0.1) is 5.82 Å². The maximum atomic E-state index is 13.3. The minimum atomic E-state index is -0.324. The summed E-state index contributed by atoms with van der Waals surface area (Å²) in [4.78, 5) is 0. The molecule has 0 atom stereocenters. The molecule has 1 N–H and O–H groups in total. The molecule has 2 aromatic carbocycles. The third-order valence-electron chi connectivity index (χ3n) is 3.28. The first kappa shape index (κ1) is 15.0. The molecular formula is C16H14Br2FNO. The molecule has 21 heavy (non-hydrogen) atoms. The van der Waals surface area contributed by atoms with Gasteiger partial charge in [0.05, 0.1) is 8.95 Å². The van der Waals surface area contributed by atoms with Crippen molar-refractivity contribution in [1.29, 1.82) is 0 Å². The second-order valence-corrected chi connectivity index (χ2v) is 6.81. The minimum absolute atomic E-state index is 0.324. The van der Waals surface area contributed by atoms with E-state index in [9.17, 15) is 4.39 Å². The first-order valence-corrected chi connectivity index (χ1v) is 8.35. The topological polar surface area (TPSA) is 21.3 Å². The smallest absolute Gasteiger partial charge is 0.144 e. The van der Waals surface area contributed by atoms with E-state index in [1.54, 1.807) is 6.07 Å². The second-order valence-electron chi connectivity index (χ2n) is 5.10. The van der Waals surface area contributed by atoms with E-state index in [4.69, 9.17) is 4.74 Å². The number of halogens is 3. The van der Waals surface area contributed by atoms with E-state index in [0.717, 1.165) is 15.5 Å². The Balaban J connectivity index is 1.74. The molecule has 2 aromatic rings. The highest BCUT2D eigenvalue weighted by Crippen LogP contribution is 2.34. The fourth-order valence-electron chi connectivity index (χ4n) is 1.96. The maximum Gasteiger partial charge on any atom is 0.144 e. The monoisotopic (exact) mass is 413 g/mol. The minimum Gasteiger partial charge on any atom is -0.455 e. The van der Waals surface area contributed by atoms with E-state index in [2.05, 4.69) is 37.2 Å². The van der Waals surface area contributed by atoms with Gasteiger partial charge in [-0.15, -0.1) is 0 Å². The first-order chi connectivity index (χ1) is 10.1. The third kappa shape index (κ3) is 4.05. The molecule has 1 aliphatic carbocycles. The Hall–Kier alpha value is -0.910. The average Bonchev–Trinajstić information content (AvgIpc) is 3.27. The quantitative estimate of drug-likeness (QED) is 0.707. The summed E-state index contributed by atoms with van der Waals surface area (Å²) in [7, 11) is 0. The Labute approximate surface area is 140 Å². The van der Waals surface area contributed by atoms with Crippen LogP contribution in [0.25, 0.3) is 0 Å². The zero-order valence-electron chi connectivity index (χ0n) is 11.2. The van der Waals surface area contributed by atoms with E-state index in [0.29, 0.717) is 17.5 Å². The lowest BCUT2D eigenvalue weighted by molar-refractivity contribution is 0.470. The van der Waals surface area contributed by atoms with E-state index < -0.39 is 0 Å². The van der Waals surface area contributed by atoms with Gasteiger partial charge in [0.1, 0.15) is 17.3 Å². The Morgan fingerprint density at radius 3 is 2.57 bits per heavy atom. The number of rotatable bonds is 5. The summed E-state index contributed by atoms with van der Waals surface area (Å²) in [5.41, 5.74) is 1.19. The molecule has 1 saturated carbocycles. The summed E-state index contributed by atoms with van der Waals surface area (Å²) >= 11 is 6.87. The Morgan fingerprint density at radius 1 is 1.05 bits per heavy atom. The van der Waals surface area contributed by atoms with Gasteiger partial charge in [0.15, 0.2) is 0 Å². The summed E-state index contributed by atoms with van der Waals surface area (Å²) in [5.74, 6) is 0.797. The molecule has 0 unspecified atom stereocenters. The molecular weight excluding hydrogens is 401 g/mol. The van der Waals surface area contributed by atoms with Crippen molar-refractivity contribution < 1.29 is 9.13 Å². The molecule has 110 valence electrons. The molecule has 0 amide bonds. The molecule has 1 fully saturated rings. The van der Waals surface area contributed by atoms with Crippen LogP contribution in [0.2, 0.25) is 0 Å². The van der Waals surface area contributed by atoms with E-state index in [1.165, 1.54) is 30.5 Å². The lowest BCUT2D eigenvalue weighted by Gasteiger charge is -2.11. The van der Waals surface area contributed by atoms with Crippen LogP contribution in [0.15, 0.2) is 45.3 Å². The maximum absolute atomic E-state index is 13.3. The highest BCUT2D eigenvalue weighted by molar-refractivity contribution is 9.11. The number of nitrogens with one attached hydrogen (secondary N) is 1. The van der Waals surface area contributed by atoms with Crippen molar-refractivity contribution in [3.05, 3.63) is 56.7 Å². The van der Waals surface area contributed by atoms with Gasteiger partial charge in [-0.2, -0.15) is 0 Å². The van der Waals surface area contributed by atoms with Crippen LogP contribution in [0.5, 0.6) is 11.5 Å². The summed E-state index contributed by atoms with van der Waals surface area (Å²) in [5, 5.41) is 3.47. The second kappa shape index (κ2) is 6.46. The number of ether oxygens (including phenoxy) is 1. The molecule has 3 rings (SSSR count). The third-order valence-corrected chi connectivity index (χ3v) is 4.56. The largest absolute Gasteiger partial charge is 0.455 e. The van der Waals surface area contributed by atoms with Gasteiger partial charge in [-0.3, -0.25) is 0 Å². The van der Waals surface area contributed by atoms with Crippen molar-refractivity contribution in [2.45, 2.75) is 25.4 Å². The number of benzene rings is 2.